The van der Waals surface area contributed by atoms with Crippen molar-refractivity contribution in [2.24, 2.45) is 0 Å². The maximum atomic E-state index is 15.1. The van der Waals surface area contributed by atoms with Crippen molar-refractivity contribution in [3.63, 3.8) is 0 Å². The summed E-state index contributed by atoms with van der Waals surface area (Å²) in [6, 6.07) is 8.61. The Bertz CT molecular complexity index is 1440. The predicted molar refractivity (Wildman–Crippen MR) is 146 cm³/mol. The molecular weight excluding hydrogens is 588 g/mol. The predicted octanol–water partition coefficient (Wildman–Crippen LogP) is 5.64. The summed E-state index contributed by atoms with van der Waals surface area (Å²) < 4.78 is 80.6. The van der Waals surface area contributed by atoms with Crippen LogP contribution in [0.25, 0.3) is 0 Å². The molecule has 1 fully saturated rings. The number of sulfone groups is 1. The lowest BCUT2D eigenvalue weighted by atomic mass is 9.78. The van der Waals surface area contributed by atoms with Crippen molar-refractivity contribution in [2.75, 3.05) is 19.4 Å². The summed E-state index contributed by atoms with van der Waals surface area (Å²) >= 11 is 6.42. The van der Waals surface area contributed by atoms with Gasteiger partial charge in [-0.15, -0.1) is 0 Å². The van der Waals surface area contributed by atoms with E-state index in [1.165, 1.54) is 30.7 Å². The normalized spacial score (nSPS) is 19.3. The molecule has 0 aliphatic heterocycles. The maximum Gasteiger partial charge on any atom is 0.416 e. The fourth-order valence-electron chi connectivity index (χ4n) is 4.95. The van der Waals surface area contributed by atoms with Crippen LogP contribution >= 0.6 is 11.6 Å². The highest BCUT2D eigenvalue weighted by Crippen LogP contribution is 2.39. The summed E-state index contributed by atoms with van der Waals surface area (Å²) in [5.74, 6) is -1.63. The molecule has 0 unspecified atom stereocenters. The van der Waals surface area contributed by atoms with E-state index in [0.717, 1.165) is 18.2 Å². The molecule has 41 heavy (non-hydrogen) atoms. The average molecular weight is 617 g/mol. The number of carbonyl (C=O) groups is 1. The second-order valence-electron chi connectivity index (χ2n) is 9.74. The number of likely N-dealkylation sites (N-methyl/N-ethyl adjacent to an activating group) is 1. The zero-order chi connectivity index (χ0) is 30.4. The SMILES string of the molecule is CN(C)[C@H]1CC[C@H](c2cccc(C(F)(F)F)c2)C[C@@H]1Nc1cc(F)c(S(=O)(=O)Cc2ccncn2)cc1Cl.O=CO. The summed E-state index contributed by atoms with van der Waals surface area (Å²) in [5, 5.41) is 10.2. The van der Waals surface area contributed by atoms with Crippen LogP contribution in [0.3, 0.4) is 0 Å². The number of anilines is 1. The van der Waals surface area contributed by atoms with Crippen LogP contribution in [0.15, 0.2) is 59.9 Å². The molecule has 0 radical (unpaired) electrons. The molecule has 1 aromatic heterocycles. The van der Waals surface area contributed by atoms with Gasteiger partial charge in [0.25, 0.3) is 6.47 Å². The van der Waals surface area contributed by atoms with Gasteiger partial charge in [-0.2, -0.15) is 13.2 Å². The molecule has 1 aliphatic rings. The summed E-state index contributed by atoms with van der Waals surface area (Å²) in [6.45, 7) is -0.250. The third-order valence-electron chi connectivity index (χ3n) is 6.84. The molecular formula is C27H29ClF4N4O4S. The van der Waals surface area contributed by atoms with Crippen molar-refractivity contribution in [3.05, 3.63) is 82.6 Å². The van der Waals surface area contributed by atoms with Crippen molar-refractivity contribution in [1.82, 2.24) is 14.9 Å². The molecule has 0 saturated heterocycles. The smallest absolute Gasteiger partial charge is 0.416 e. The Morgan fingerprint density at radius 1 is 1.17 bits per heavy atom. The Labute approximate surface area is 240 Å². The lowest BCUT2D eigenvalue weighted by Crippen LogP contribution is -2.47. The van der Waals surface area contributed by atoms with E-state index in [1.807, 2.05) is 19.0 Å². The number of hydrogen-bond donors (Lipinski definition) is 2. The first-order valence-corrected chi connectivity index (χ1v) is 14.4. The summed E-state index contributed by atoms with van der Waals surface area (Å²) in [7, 11) is -0.284. The maximum absolute atomic E-state index is 15.1. The third kappa shape index (κ3) is 8.37. The minimum Gasteiger partial charge on any atom is -0.483 e. The number of nitrogens with one attached hydrogen (secondary N) is 1. The fourth-order valence-corrected chi connectivity index (χ4v) is 6.60. The van der Waals surface area contributed by atoms with Crippen LogP contribution in [0, 0.1) is 5.82 Å². The molecule has 2 aromatic carbocycles. The van der Waals surface area contributed by atoms with Crippen molar-refractivity contribution in [1.29, 1.82) is 0 Å². The number of hydrogen-bond acceptors (Lipinski definition) is 7. The van der Waals surface area contributed by atoms with Crippen molar-refractivity contribution in [2.45, 2.75) is 54.1 Å². The van der Waals surface area contributed by atoms with Gasteiger partial charge in [0.1, 0.15) is 17.0 Å². The molecule has 8 nitrogen and oxygen atoms in total. The van der Waals surface area contributed by atoms with Crippen LogP contribution < -0.4 is 5.32 Å². The van der Waals surface area contributed by atoms with Gasteiger partial charge in [0.15, 0.2) is 9.84 Å². The highest BCUT2D eigenvalue weighted by atomic mass is 35.5. The van der Waals surface area contributed by atoms with Crippen LogP contribution in [-0.4, -0.2) is 61.0 Å². The van der Waals surface area contributed by atoms with Gasteiger partial charge in [-0.05, 0) is 69.1 Å². The molecule has 0 bridgehead atoms. The van der Waals surface area contributed by atoms with E-state index >= 15 is 4.39 Å². The zero-order valence-corrected chi connectivity index (χ0v) is 23.7. The Kier molecular flexibility index (Phi) is 10.7. The molecule has 2 N–H and O–H groups in total. The molecule has 3 atom stereocenters. The second-order valence-corrected chi connectivity index (χ2v) is 12.1. The van der Waals surface area contributed by atoms with Crippen LogP contribution in [0.4, 0.5) is 23.2 Å². The van der Waals surface area contributed by atoms with Gasteiger partial charge < -0.3 is 15.3 Å². The first kappa shape index (κ1) is 32.2. The van der Waals surface area contributed by atoms with E-state index in [-0.39, 0.29) is 40.9 Å². The Hall–Kier alpha value is -3.29. The minimum absolute atomic E-state index is 0.00245. The minimum atomic E-state index is -4.44. The highest BCUT2D eigenvalue weighted by Gasteiger charge is 2.35. The number of nitrogens with zero attached hydrogens (tertiary/aromatic N) is 3. The van der Waals surface area contributed by atoms with E-state index in [4.69, 9.17) is 21.5 Å². The summed E-state index contributed by atoms with van der Waals surface area (Å²) in [6.07, 6.45) is 0.0259. The molecule has 1 aliphatic carbocycles. The van der Waals surface area contributed by atoms with Gasteiger partial charge in [-0.1, -0.05) is 29.8 Å². The molecule has 1 saturated carbocycles. The van der Waals surface area contributed by atoms with Crippen LogP contribution in [0.2, 0.25) is 5.02 Å². The van der Waals surface area contributed by atoms with Gasteiger partial charge >= 0.3 is 6.18 Å². The largest absolute Gasteiger partial charge is 0.483 e. The van der Waals surface area contributed by atoms with E-state index in [2.05, 4.69) is 15.3 Å². The third-order valence-corrected chi connectivity index (χ3v) is 8.81. The zero-order valence-electron chi connectivity index (χ0n) is 22.1. The molecule has 14 heteroatoms. The standard InChI is InChI=1S/C26H27ClF4N4O2S.CH2O2/c1-35(2)24-7-6-17(16-4-3-5-18(10-16)26(29,30)31)11-23(24)34-22-13-21(28)25(12-20(22)27)38(36,37)14-19-8-9-32-15-33-19;2-1-3/h3-5,8-10,12-13,15,17,23-24,34H,6-7,11,14H2,1-2H3;1H,(H,2,3)/t17-,23-,24-;/m0./s1. The van der Waals surface area contributed by atoms with Gasteiger partial charge in [0.2, 0.25) is 0 Å². The highest BCUT2D eigenvalue weighted by molar-refractivity contribution is 7.90. The number of carboxylic acid groups (broad SMARTS) is 1. The second kappa shape index (κ2) is 13.6. The van der Waals surface area contributed by atoms with E-state index in [0.29, 0.717) is 24.8 Å². The summed E-state index contributed by atoms with van der Waals surface area (Å²) in [5.41, 5.74) is 0.325. The molecule has 0 amide bonds. The number of alkyl halides is 3. The monoisotopic (exact) mass is 616 g/mol. The number of halogens is 5. The van der Waals surface area contributed by atoms with Gasteiger partial charge in [0.05, 0.1) is 27.7 Å². The van der Waals surface area contributed by atoms with E-state index < -0.39 is 38.0 Å². The quantitative estimate of drug-likeness (QED) is 0.259. The van der Waals surface area contributed by atoms with E-state index in [9.17, 15) is 21.6 Å². The fraction of sp³-hybridized carbons (Fsp3) is 0.370. The van der Waals surface area contributed by atoms with Crippen molar-refractivity contribution >= 4 is 33.6 Å². The molecule has 0 spiro atoms. The van der Waals surface area contributed by atoms with Gasteiger partial charge in [-0.25, -0.2) is 22.8 Å². The van der Waals surface area contributed by atoms with Crippen LogP contribution in [-0.2, 0) is 26.6 Å². The number of benzene rings is 2. The van der Waals surface area contributed by atoms with Crippen molar-refractivity contribution in [3.8, 4) is 0 Å². The molecule has 222 valence electrons. The molecule has 3 aromatic rings. The van der Waals surface area contributed by atoms with Crippen LogP contribution in [0.5, 0.6) is 0 Å². The van der Waals surface area contributed by atoms with Gasteiger partial charge in [0, 0.05) is 18.3 Å². The van der Waals surface area contributed by atoms with Crippen LogP contribution in [0.1, 0.15) is 42.0 Å². The van der Waals surface area contributed by atoms with E-state index in [1.54, 1.807) is 6.07 Å². The lowest BCUT2D eigenvalue weighted by Gasteiger charge is -2.41. The lowest BCUT2D eigenvalue weighted by molar-refractivity contribution is -0.137. The first-order chi connectivity index (χ1) is 19.3. The topological polar surface area (TPSA) is 112 Å². The molecule has 1 heterocycles. The number of rotatable bonds is 7. The first-order valence-electron chi connectivity index (χ1n) is 12.4. The Morgan fingerprint density at radius 3 is 2.49 bits per heavy atom. The van der Waals surface area contributed by atoms with Crippen molar-refractivity contribution < 1.29 is 35.9 Å². The summed E-state index contributed by atoms with van der Waals surface area (Å²) in [4.78, 5) is 17.5. The molecule has 4 rings (SSSR count). The average Bonchev–Trinajstić information content (AvgIpc) is 2.90. The Morgan fingerprint density at radius 2 is 1.88 bits per heavy atom. The number of aromatic nitrogens is 2. The van der Waals surface area contributed by atoms with Gasteiger partial charge in [-0.3, -0.25) is 4.79 Å². The Balaban J connectivity index is 0.00000147.